The number of imidazole rings is 1. The van der Waals surface area contributed by atoms with E-state index < -0.39 is 29.4 Å². The maximum atomic E-state index is 13.9. The Morgan fingerprint density at radius 1 is 1.16 bits per heavy atom. The lowest BCUT2D eigenvalue weighted by atomic mass is 10.0. The summed E-state index contributed by atoms with van der Waals surface area (Å²) in [5.74, 6) is -1.33. The van der Waals surface area contributed by atoms with Gasteiger partial charge in [0.25, 0.3) is 0 Å². The number of nitrogens with zero attached hydrogens (tertiary/aromatic N) is 1. The van der Waals surface area contributed by atoms with Gasteiger partial charge in [0.2, 0.25) is 0 Å². The number of fused-ring (bicyclic) bond motifs is 1. The number of hydrogen-bond donors (Lipinski definition) is 3. The van der Waals surface area contributed by atoms with Crippen molar-refractivity contribution in [3.8, 4) is 11.3 Å². The largest absolute Gasteiger partial charge is 0.444 e. The first-order valence-electron chi connectivity index (χ1n) is 10.2. The van der Waals surface area contributed by atoms with Crippen molar-refractivity contribution in [3.63, 3.8) is 0 Å². The van der Waals surface area contributed by atoms with E-state index in [0.29, 0.717) is 22.3 Å². The summed E-state index contributed by atoms with van der Waals surface area (Å²) in [5, 5.41) is 3.38. The SMILES string of the molecule is CC(C)(C)OC(=O)NC(Cc1c[nH]c2cc(F)c(F)cc12)c1ncc(-c2ccccc2)[nH]1. The number of H-pyrrole nitrogens is 2. The molecule has 0 saturated carbocycles. The standard InChI is InChI=1S/C24H24F2N4O2/c1-24(2,3)32-23(31)30-20(22-28-13-21(29-22)14-7-5-4-6-8-14)9-15-12-27-19-11-18(26)17(25)10-16(15)19/h4-8,10-13,20,27H,9H2,1-3H3,(H,28,29)(H,30,31). The molecule has 2 aromatic carbocycles. The van der Waals surface area contributed by atoms with Crippen LogP contribution in [-0.2, 0) is 11.2 Å². The molecule has 0 radical (unpaired) electrons. The Labute approximate surface area is 184 Å². The Kier molecular flexibility index (Phi) is 5.69. The van der Waals surface area contributed by atoms with Crippen LogP contribution in [0.3, 0.4) is 0 Å². The molecule has 0 saturated heterocycles. The van der Waals surface area contributed by atoms with Gasteiger partial charge in [-0.25, -0.2) is 18.6 Å². The maximum absolute atomic E-state index is 13.9. The van der Waals surface area contributed by atoms with Gasteiger partial charge >= 0.3 is 6.09 Å². The monoisotopic (exact) mass is 438 g/mol. The van der Waals surface area contributed by atoms with Crippen molar-refractivity contribution >= 4 is 17.0 Å². The topological polar surface area (TPSA) is 82.8 Å². The minimum atomic E-state index is -0.931. The molecular formula is C24H24F2N4O2. The summed E-state index contributed by atoms with van der Waals surface area (Å²) < 4.78 is 32.9. The van der Waals surface area contributed by atoms with Crippen LogP contribution in [0.2, 0.25) is 0 Å². The summed E-state index contributed by atoms with van der Waals surface area (Å²) in [6.07, 6.45) is 3.05. The van der Waals surface area contributed by atoms with E-state index in [9.17, 15) is 13.6 Å². The Morgan fingerprint density at radius 3 is 2.59 bits per heavy atom. The summed E-state index contributed by atoms with van der Waals surface area (Å²) in [6, 6.07) is 11.3. The number of halogens is 2. The van der Waals surface area contributed by atoms with Crippen LogP contribution >= 0.6 is 0 Å². The lowest BCUT2D eigenvalue weighted by molar-refractivity contribution is 0.0501. The second-order valence-electron chi connectivity index (χ2n) is 8.58. The Balaban J connectivity index is 1.66. The van der Waals surface area contributed by atoms with Crippen molar-refractivity contribution in [2.75, 3.05) is 0 Å². The average molecular weight is 438 g/mol. The van der Waals surface area contributed by atoms with Gasteiger partial charge in [0, 0.05) is 29.6 Å². The number of nitrogens with one attached hydrogen (secondary N) is 3. The van der Waals surface area contributed by atoms with Crippen molar-refractivity contribution in [2.45, 2.75) is 38.8 Å². The second-order valence-corrected chi connectivity index (χ2v) is 8.58. The number of carbonyl (C=O) groups excluding carboxylic acids is 1. The number of rotatable bonds is 5. The highest BCUT2D eigenvalue weighted by Gasteiger charge is 2.24. The molecule has 3 N–H and O–H groups in total. The van der Waals surface area contributed by atoms with Crippen molar-refractivity contribution in [1.29, 1.82) is 0 Å². The molecule has 32 heavy (non-hydrogen) atoms. The van der Waals surface area contributed by atoms with E-state index in [4.69, 9.17) is 4.74 Å². The highest BCUT2D eigenvalue weighted by atomic mass is 19.2. The molecule has 8 heteroatoms. The van der Waals surface area contributed by atoms with E-state index in [-0.39, 0.29) is 6.42 Å². The Hall–Kier alpha value is -3.68. The normalized spacial score (nSPS) is 12.7. The molecule has 4 rings (SSSR count). The van der Waals surface area contributed by atoms with E-state index in [1.807, 2.05) is 30.3 Å². The molecule has 0 aliphatic carbocycles. The number of benzene rings is 2. The highest BCUT2D eigenvalue weighted by Crippen LogP contribution is 2.27. The molecule has 166 valence electrons. The lowest BCUT2D eigenvalue weighted by Gasteiger charge is -2.23. The van der Waals surface area contributed by atoms with E-state index in [1.54, 1.807) is 33.2 Å². The maximum Gasteiger partial charge on any atom is 0.408 e. The predicted octanol–water partition coefficient (Wildman–Crippen LogP) is 5.64. The number of hydrogen-bond acceptors (Lipinski definition) is 3. The molecule has 0 aliphatic heterocycles. The molecule has 0 aliphatic rings. The number of alkyl carbamates (subject to hydrolysis) is 1. The summed E-state index contributed by atoms with van der Waals surface area (Å²) in [5.41, 5.74) is 2.25. The zero-order chi connectivity index (χ0) is 22.9. The molecule has 1 atom stereocenters. The first-order chi connectivity index (χ1) is 15.2. The van der Waals surface area contributed by atoms with E-state index in [1.165, 1.54) is 0 Å². The number of carbonyl (C=O) groups is 1. The second kappa shape index (κ2) is 8.45. The van der Waals surface area contributed by atoms with Gasteiger partial charge in [-0.05, 0) is 38.0 Å². The van der Waals surface area contributed by atoms with Gasteiger partial charge in [0.15, 0.2) is 11.6 Å². The van der Waals surface area contributed by atoms with Crippen LogP contribution < -0.4 is 5.32 Å². The van der Waals surface area contributed by atoms with E-state index >= 15 is 0 Å². The van der Waals surface area contributed by atoms with Crippen LogP contribution in [0.5, 0.6) is 0 Å². The van der Waals surface area contributed by atoms with Gasteiger partial charge in [-0.15, -0.1) is 0 Å². The minimum Gasteiger partial charge on any atom is -0.444 e. The van der Waals surface area contributed by atoms with Gasteiger partial charge in [-0.3, -0.25) is 0 Å². The lowest BCUT2D eigenvalue weighted by Crippen LogP contribution is -2.36. The summed E-state index contributed by atoms with van der Waals surface area (Å²) in [6.45, 7) is 5.33. The Bertz CT molecular complexity index is 1240. The van der Waals surface area contributed by atoms with Crippen LogP contribution in [-0.4, -0.2) is 26.6 Å². The van der Waals surface area contributed by atoms with Gasteiger partial charge in [-0.1, -0.05) is 30.3 Å². The summed E-state index contributed by atoms with van der Waals surface area (Å²) in [7, 11) is 0. The smallest absolute Gasteiger partial charge is 0.408 e. The molecule has 2 heterocycles. The quantitative estimate of drug-likeness (QED) is 0.377. The summed E-state index contributed by atoms with van der Waals surface area (Å²) in [4.78, 5) is 23.2. The first-order valence-corrected chi connectivity index (χ1v) is 10.2. The number of ether oxygens (including phenoxy) is 1. The van der Waals surface area contributed by atoms with Crippen LogP contribution in [0.25, 0.3) is 22.2 Å². The van der Waals surface area contributed by atoms with Crippen molar-refractivity contribution in [1.82, 2.24) is 20.3 Å². The Morgan fingerprint density at radius 2 is 1.88 bits per heavy atom. The van der Waals surface area contributed by atoms with Crippen molar-refractivity contribution in [2.24, 2.45) is 0 Å². The average Bonchev–Trinajstić information content (AvgIpc) is 3.35. The fourth-order valence-corrected chi connectivity index (χ4v) is 3.51. The fraction of sp³-hybridized carbons (Fsp3) is 0.250. The van der Waals surface area contributed by atoms with Crippen LogP contribution in [0, 0.1) is 11.6 Å². The van der Waals surface area contributed by atoms with Gasteiger partial charge in [-0.2, -0.15) is 0 Å². The zero-order valence-electron chi connectivity index (χ0n) is 18.0. The number of amides is 1. The van der Waals surface area contributed by atoms with E-state index in [0.717, 1.165) is 23.4 Å². The highest BCUT2D eigenvalue weighted by molar-refractivity contribution is 5.83. The fourth-order valence-electron chi connectivity index (χ4n) is 3.51. The molecular weight excluding hydrogens is 414 g/mol. The number of aromatic nitrogens is 3. The third-order valence-corrected chi connectivity index (χ3v) is 4.93. The third kappa shape index (κ3) is 4.80. The van der Waals surface area contributed by atoms with Gasteiger partial charge in [0.1, 0.15) is 11.4 Å². The number of aromatic amines is 2. The van der Waals surface area contributed by atoms with Crippen molar-refractivity contribution < 1.29 is 18.3 Å². The van der Waals surface area contributed by atoms with Crippen LogP contribution in [0.15, 0.2) is 54.9 Å². The summed E-state index contributed by atoms with van der Waals surface area (Å²) >= 11 is 0. The zero-order valence-corrected chi connectivity index (χ0v) is 18.0. The third-order valence-electron chi connectivity index (χ3n) is 4.93. The molecule has 6 nitrogen and oxygen atoms in total. The van der Waals surface area contributed by atoms with Gasteiger partial charge in [0.05, 0.1) is 17.9 Å². The van der Waals surface area contributed by atoms with Gasteiger partial charge < -0.3 is 20.0 Å². The molecule has 1 unspecified atom stereocenters. The molecule has 4 aromatic rings. The van der Waals surface area contributed by atoms with E-state index in [2.05, 4.69) is 20.3 Å². The molecule has 1 amide bonds. The van der Waals surface area contributed by atoms with Crippen LogP contribution in [0.4, 0.5) is 13.6 Å². The molecule has 2 aromatic heterocycles. The predicted molar refractivity (Wildman–Crippen MR) is 118 cm³/mol. The first kappa shape index (κ1) is 21.5. The van der Waals surface area contributed by atoms with Crippen molar-refractivity contribution in [3.05, 3.63) is 77.9 Å². The minimum absolute atomic E-state index is 0.284. The molecule has 0 fully saturated rings. The molecule has 0 bridgehead atoms. The molecule has 0 spiro atoms. The van der Waals surface area contributed by atoms with Crippen LogP contribution in [0.1, 0.15) is 38.2 Å².